The number of hydrogen-bond donors (Lipinski definition) is 0. The van der Waals surface area contributed by atoms with Crippen molar-refractivity contribution in [2.75, 3.05) is 0 Å². The highest BCUT2D eigenvalue weighted by Crippen LogP contribution is 2.44. The lowest BCUT2D eigenvalue weighted by molar-refractivity contribution is 0.590. The van der Waals surface area contributed by atoms with Crippen LogP contribution in [0.2, 0.25) is 0 Å². The van der Waals surface area contributed by atoms with Crippen LogP contribution in [0.4, 0.5) is 0 Å². The van der Waals surface area contributed by atoms with E-state index in [1.807, 2.05) is 11.3 Å². The topological polar surface area (TPSA) is 9.86 Å². The summed E-state index contributed by atoms with van der Waals surface area (Å²) in [7, 11) is 0. The average molecular weight is 647 g/mol. The molecular weight excluding hydrogens is 613 g/mol. The fourth-order valence-electron chi connectivity index (χ4n) is 7.84. The Labute approximate surface area is 289 Å². The fraction of sp³-hybridized carbons (Fsp3) is 0.0870. The minimum absolute atomic E-state index is 0.144. The Morgan fingerprint density at radius 1 is 0.429 bits per heavy atom. The number of hydrogen-bond acceptors (Lipinski definition) is 1. The van der Waals surface area contributed by atoms with Crippen molar-refractivity contribution in [3.63, 3.8) is 0 Å². The third-order valence-corrected chi connectivity index (χ3v) is 11.5. The van der Waals surface area contributed by atoms with Crippen LogP contribution >= 0.6 is 11.3 Å². The maximum absolute atomic E-state index is 2.49. The molecule has 234 valence electrons. The summed E-state index contributed by atoms with van der Waals surface area (Å²) in [5.74, 6) is 0. The molecule has 3 aromatic heterocycles. The van der Waals surface area contributed by atoms with Gasteiger partial charge in [-0.2, -0.15) is 0 Å². The summed E-state index contributed by atoms with van der Waals surface area (Å²) in [6, 6.07) is 56.2. The van der Waals surface area contributed by atoms with Crippen LogP contribution in [0.3, 0.4) is 0 Å². The van der Waals surface area contributed by atoms with E-state index in [0.717, 1.165) is 5.69 Å². The second-order valence-corrected chi connectivity index (χ2v) is 15.3. The van der Waals surface area contributed by atoms with Crippen molar-refractivity contribution in [1.82, 2.24) is 9.13 Å². The first-order valence-electron chi connectivity index (χ1n) is 17.0. The molecule has 0 unspecified atom stereocenters. The molecule has 0 amide bonds. The van der Waals surface area contributed by atoms with Gasteiger partial charge in [-0.1, -0.05) is 124 Å². The van der Waals surface area contributed by atoms with Gasteiger partial charge >= 0.3 is 0 Å². The van der Waals surface area contributed by atoms with Gasteiger partial charge in [-0.15, -0.1) is 11.3 Å². The summed E-state index contributed by atoms with van der Waals surface area (Å²) >= 11 is 1.90. The minimum atomic E-state index is 0.144. The van der Waals surface area contributed by atoms with Gasteiger partial charge in [0.05, 0.1) is 26.8 Å². The number of rotatable bonds is 3. The molecule has 0 radical (unpaired) electrons. The molecule has 2 nitrogen and oxygen atoms in total. The van der Waals surface area contributed by atoms with Gasteiger partial charge in [0.1, 0.15) is 0 Å². The predicted molar refractivity (Wildman–Crippen MR) is 212 cm³/mol. The summed E-state index contributed by atoms with van der Waals surface area (Å²) in [6.45, 7) is 6.79. The molecule has 49 heavy (non-hydrogen) atoms. The lowest BCUT2D eigenvalue weighted by Gasteiger charge is -2.19. The Morgan fingerprint density at radius 2 is 0.980 bits per heavy atom. The molecule has 3 heterocycles. The third-order valence-electron chi connectivity index (χ3n) is 10.3. The van der Waals surface area contributed by atoms with Gasteiger partial charge in [0.2, 0.25) is 0 Å². The first-order chi connectivity index (χ1) is 23.9. The predicted octanol–water partition coefficient (Wildman–Crippen LogP) is 13.2. The summed E-state index contributed by atoms with van der Waals surface area (Å²) in [4.78, 5) is 0. The van der Waals surface area contributed by atoms with E-state index < -0.39 is 0 Å². The van der Waals surface area contributed by atoms with E-state index in [1.54, 1.807) is 0 Å². The second kappa shape index (κ2) is 10.4. The van der Waals surface area contributed by atoms with Crippen molar-refractivity contribution in [2.45, 2.75) is 26.2 Å². The van der Waals surface area contributed by atoms with Crippen molar-refractivity contribution in [1.29, 1.82) is 0 Å². The smallest absolute Gasteiger partial charge is 0.0719 e. The van der Waals surface area contributed by atoms with E-state index in [9.17, 15) is 0 Å². The van der Waals surface area contributed by atoms with Crippen molar-refractivity contribution in [2.24, 2.45) is 0 Å². The van der Waals surface area contributed by atoms with Gasteiger partial charge in [-0.05, 0) is 70.6 Å². The molecule has 0 saturated carbocycles. The van der Waals surface area contributed by atoms with Gasteiger partial charge in [0.15, 0.2) is 0 Å². The number of benzene rings is 7. The number of aromatic nitrogens is 2. The lowest BCUT2D eigenvalue weighted by atomic mass is 9.86. The Balaban J connectivity index is 1.17. The number of para-hydroxylation sites is 2. The summed E-state index contributed by atoms with van der Waals surface area (Å²) < 4.78 is 7.57. The first kappa shape index (κ1) is 28.4. The number of nitrogens with zero attached hydrogens (tertiary/aromatic N) is 2. The summed E-state index contributed by atoms with van der Waals surface area (Å²) in [5.41, 5.74) is 11.3. The molecule has 10 rings (SSSR count). The van der Waals surface area contributed by atoms with Gasteiger partial charge in [0, 0.05) is 48.4 Å². The van der Waals surface area contributed by atoms with Crippen molar-refractivity contribution >= 4 is 75.1 Å². The number of thiophene rings is 1. The monoisotopic (exact) mass is 646 g/mol. The van der Waals surface area contributed by atoms with Crippen LogP contribution in [0.15, 0.2) is 152 Å². The lowest BCUT2D eigenvalue weighted by Crippen LogP contribution is -2.10. The maximum atomic E-state index is 2.49. The Bertz CT molecular complexity index is 2890. The summed E-state index contributed by atoms with van der Waals surface area (Å²) in [5, 5.41) is 7.74. The van der Waals surface area contributed by atoms with Crippen LogP contribution in [0.5, 0.6) is 0 Å². The molecule has 0 spiro atoms. The van der Waals surface area contributed by atoms with Crippen molar-refractivity contribution in [3.8, 4) is 22.5 Å². The van der Waals surface area contributed by atoms with Crippen LogP contribution in [0.25, 0.3) is 86.3 Å². The molecular formula is C46H34N2S. The van der Waals surface area contributed by atoms with Crippen molar-refractivity contribution in [3.05, 3.63) is 157 Å². The average Bonchev–Trinajstić information content (AvgIpc) is 3.79. The highest BCUT2D eigenvalue weighted by Gasteiger charge is 2.20. The Morgan fingerprint density at radius 3 is 1.69 bits per heavy atom. The van der Waals surface area contributed by atoms with Crippen LogP contribution in [-0.2, 0) is 5.41 Å². The zero-order chi connectivity index (χ0) is 32.9. The molecule has 0 saturated heterocycles. The Kier molecular flexibility index (Phi) is 6.04. The molecule has 0 N–H and O–H groups in total. The first-order valence-corrected chi connectivity index (χ1v) is 17.8. The molecule has 0 bridgehead atoms. The molecule has 0 fully saturated rings. The van der Waals surface area contributed by atoms with Crippen molar-refractivity contribution < 1.29 is 0 Å². The highest BCUT2D eigenvalue weighted by atomic mass is 32.1. The van der Waals surface area contributed by atoms with E-state index in [-0.39, 0.29) is 5.41 Å². The van der Waals surface area contributed by atoms with E-state index in [1.165, 1.54) is 86.2 Å². The molecule has 7 aromatic carbocycles. The highest BCUT2D eigenvalue weighted by molar-refractivity contribution is 7.26. The maximum Gasteiger partial charge on any atom is 0.0719 e. The third kappa shape index (κ3) is 4.25. The van der Waals surface area contributed by atoms with Gasteiger partial charge in [-0.3, -0.25) is 0 Å². The molecule has 10 aromatic rings. The molecule has 3 heteroatoms. The summed E-state index contributed by atoms with van der Waals surface area (Å²) in [6.07, 6.45) is 0. The molecule has 0 atom stereocenters. The zero-order valence-electron chi connectivity index (χ0n) is 27.7. The van der Waals surface area contributed by atoms with E-state index >= 15 is 0 Å². The van der Waals surface area contributed by atoms with Gasteiger partial charge in [-0.25, -0.2) is 0 Å². The van der Waals surface area contributed by atoms with Gasteiger partial charge in [0.25, 0.3) is 0 Å². The van der Waals surface area contributed by atoms with Crippen LogP contribution < -0.4 is 0 Å². The molecule has 0 aliphatic rings. The van der Waals surface area contributed by atoms with Crippen LogP contribution in [0.1, 0.15) is 26.3 Å². The molecule has 0 aliphatic carbocycles. The van der Waals surface area contributed by atoms with E-state index in [0.29, 0.717) is 0 Å². The van der Waals surface area contributed by atoms with Crippen LogP contribution in [0, 0.1) is 0 Å². The van der Waals surface area contributed by atoms with E-state index in [4.69, 9.17) is 0 Å². The Hall–Kier alpha value is -5.64. The van der Waals surface area contributed by atoms with Gasteiger partial charge < -0.3 is 9.13 Å². The fourth-order valence-corrected chi connectivity index (χ4v) is 9.08. The standard InChI is InChI=1S/C46H34N2S/c1-46(2,3)31-20-16-29(17-21-31)30-18-22-32(23-19-30)47-40-13-7-5-11-35(40)39-28-33(24-27-42(39)47)48-41-14-8-4-10-34(41)37-25-26-38-36-12-6-9-15-43(36)49-45(38)44(37)48/h4-28H,1-3H3. The number of fused-ring (bicyclic) bond motifs is 10. The zero-order valence-corrected chi connectivity index (χ0v) is 28.6. The second-order valence-electron chi connectivity index (χ2n) is 14.2. The SMILES string of the molecule is CC(C)(C)c1ccc(-c2ccc(-n3c4ccccc4c4cc(-n5c6ccccc6c6ccc7c8ccccc8sc7c65)ccc43)cc2)cc1. The van der Waals surface area contributed by atoms with E-state index in [2.05, 4.69) is 182 Å². The minimum Gasteiger partial charge on any atom is -0.309 e. The largest absolute Gasteiger partial charge is 0.309 e. The normalized spacial score (nSPS) is 12.4. The van der Waals surface area contributed by atoms with Crippen LogP contribution in [-0.4, -0.2) is 9.13 Å². The quantitative estimate of drug-likeness (QED) is 0.181. The molecule has 0 aliphatic heterocycles.